The first-order valence-electron chi connectivity index (χ1n) is 6.29. The second-order valence-corrected chi connectivity index (χ2v) is 5.24. The zero-order chi connectivity index (χ0) is 15.1. The summed E-state index contributed by atoms with van der Waals surface area (Å²) in [6, 6.07) is 6.03. The van der Waals surface area contributed by atoms with Crippen LogP contribution in [0.2, 0.25) is 5.02 Å². The van der Waals surface area contributed by atoms with Gasteiger partial charge in [0, 0.05) is 10.6 Å². The van der Waals surface area contributed by atoms with Crippen molar-refractivity contribution in [3.8, 4) is 0 Å². The number of aliphatic carboxylic acids is 1. The molecule has 0 spiro atoms. The zero-order valence-corrected chi connectivity index (χ0v) is 12.2. The summed E-state index contributed by atoms with van der Waals surface area (Å²) in [6.45, 7) is 3.76. The van der Waals surface area contributed by atoms with E-state index in [9.17, 15) is 9.59 Å². The van der Waals surface area contributed by atoms with Crippen LogP contribution in [0.25, 0.3) is 0 Å². The normalized spacial score (nSPS) is 12.0. The highest BCUT2D eigenvalue weighted by molar-refractivity contribution is 6.31. The molecule has 1 aromatic carbocycles. The Morgan fingerprint density at radius 2 is 2.00 bits per heavy atom. The van der Waals surface area contributed by atoms with Crippen molar-refractivity contribution in [1.82, 2.24) is 5.32 Å². The van der Waals surface area contributed by atoms with Crippen LogP contribution >= 0.6 is 11.6 Å². The number of ether oxygens (including phenoxy) is 1. The summed E-state index contributed by atoms with van der Waals surface area (Å²) in [7, 11) is 0. The topological polar surface area (TPSA) is 75.6 Å². The molecule has 0 heterocycles. The van der Waals surface area contributed by atoms with Crippen molar-refractivity contribution >= 4 is 23.7 Å². The minimum Gasteiger partial charge on any atom is -0.480 e. The molecule has 5 nitrogen and oxygen atoms in total. The highest BCUT2D eigenvalue weighted by Gasteiger charge is 2.21. The van der Waals surface area contributed by atoms with Gasteiger partial charge in [0.2, 0.25) is 0 Å². The molecule has 1 aromatic rings. The van der Waals surface area contributed by atoms with E-state index in [1.165, 1.54) is 0 Å². The third-order valence-electron chi connectivity index (χ3n) is 2.61. The van der Waals surface area contributed by atoms with Gasteiger partial charge in [0.1, 0.15) is 12.6 Å². The number of carboxylic acids is 1. The van der Waals surface area contributed by atoms with Crippen LogP contribution in [0.5, 0.6) is 0 Å². The van der Waals surface area contributed by atoms with E-state index < -0.39 is 18.1 Å². The van der Waals surface area contributed by atoms with Crippen molar-refractivity contribution in [2.75, 3.05) is 0 Å². The highest BCUT2D eigenvalue weighted by Crippen LogP contribution is 2.15. The van der Waals surface area contributed by atoms with Gasteiger partial charge in [-0.3, -0.25) is 0 Å². The van der Waals surface area contributed by atoms with Gasteiger partial charge in [-0.15, -0.1) is 0 Å². The average molecular weight is 300 g/mol. The smallest absolute Gasteiger partial charge is 0.408 e. The van der Waals surface area contributed by atoms with Crippen LogP contribution in [0.15, 0.2) is 24.3 Å². The molecular weight excluding hydrogens is 282 g/mol. The number of carboxylic acid groups (broad SMARTS) is 1. The Balaban J connectivity index is 2.50. The van der Waals surface area contributed by atoms with E-state index in [2.05, 4.69) is 5.32 Å². The standard InChI is InChI=1S/C14H18ClNO4/c1-9(2)7-12(13(17)18)16-14(19)20-8-10-5-3-4-6-11(10)15/h3-6,9,12H,7-8H2,1-2H3,(H,16,19)(H,17,18)/t12-/m0/s1. The number of halogens is 1. The molecule has 1 rings (SSSR count). The molecule has 2 N–H and O–H groups in total. The Hall–Kier alpha value is -1.75. The molecule has 20 heavy (non-hydrogen) atoms. The SMILES string of the molecule is CC(C)C[C@H](NC(=O)OCc1ccccc1Cl)C(=O)O. The van der Waals surface area contributed by atoms with Gasteiger partial charge in [0.15, 0.2) is 0 Å². The molecule has 0 saturated carbocycles. The van der Waals surface area contributed by atoms with E-state index in [-0.39, 0.29) is 12.5 Å². The van der Waals surface area contributed by atoms with Gasteiger partial charge in [-0.25, -0.2) is 9.59 Å². The van der Waals surface area contributed by atoms with Gasteiger partial charge in [0.05, 0.1) is 0 Å². The first kappa shape index (κ1) is 16.3. The number of nitrogens with one attached hydrogen (secondary N) is 1. The summed E-state index contributed by atoms with van der Waals surface area (Å²) in [4.78, 5) is 22.6. The number of hydrogen-bond acceptors (Lipinski definition) is 3. The molecule has 0 aliphatic heterocycles. The highest BCUT2D eigenvalue weighted by atomic mass is 35.5. The molecule has 6 heteroatoms. The first-order valence-corrected chi connectivity index (χ1v) is 6.67. The summed E-state index contributed by atoms with van der Waals surface area (Å²) in [5, 5.41) is 11.8. The van der Waals surface area contributed by atoms with Crippen molar-refractivity contribution in [3.63, 3.8) is 0 Å². The molecule has 0 saturated heterocycles. The zero-order valence-electron chi connectivity index (χ0n) is 11.4. The van der Waals surface area contributed by atoms with Crippen LogP contribution in [0, 0.1) is 5.92 Å². The van der Waals surface area contributed by atoms with E-state index in [0.29, 0.717) is 17.0 Å². The van der Waals surface area contributed by atoms with E-state index in [1.807, 2.05) is 13.8 Å². The minimum atomic E-state index is -1.08. The number of carbonyl (C=O) groups excluding carboxylic acids is 1. The number of rotatable bonds is 6. The van der Waals surface area contributed by atoms with Gasteiger partial charge in [-0.1, -0.05) is 43.6 Å². The lowest BCUT2D eigenvalue weighted by molar-refractivity contribution is -0.139. The monoisotopic (exact) mass is 299 g/mol. The van der Waals surface area contributed by atoms with Crippen molar-refractivity contribution in [1.29, 1.82) is 0 Å². The minimum absolute atomic E-state index is 0.000472. The predicted octanol–water partition coefficient (Wildman–Crippen LogP) is 3.07. The molecule has 0 aliphatic rings. The number of benzene rings is 1. The van der Waals surface area contributed by atoms with E-state index >= 15 is 0 Å². The Kier molecular flexibility index (Phi) is 6.31. The third kappa shape index (κ3) is 5.48. The van der Waals surface area contributed by atoms with Crippen LogP contribution in [0.1, 0.15) is 25.8 Å². The van der Waals surface area contributed by atoms with Crippen LogP contribution < -0.4 is 5.32 Å². The summed E-state index contributed by atoms with van der Waals surface area (Å²) in [6.07, 6.45) is -0.422. The molecule has 0 bridgehead atoms. The number of alkyl carbamates (subject to hydrolysis) is 1. The summed E-state index contributed by atoms with van der Waals surface area (Å²) in [5.41, 5.74) is 0.667. The van der Waals surface area contributed by atoms with Crippen molar-refractivity contribution in [2.24, 2.45) is 5.92 Å². The lowest BCUT2D eigenvalue weighted by Crippen LogP contribution is -2.41. The van der Waals surface area contributed by atoms with Gasteiger partial charge >= 0.3 is 12.1 Å². The van der Waals surface area contributed by atoms with Crippen LogP contribution in [-0.4, -0.2) is 23.2 Å². The fourth-order valence-corrected chi connectivity index (χ4v) is 1.83. The Morgan fingerprint density at radius 1 is 1.35 bits per heavy atom. The van der Waals surface area contributed by atoms with E-state index in [4.69, 9.17) is 21.4 Å². The molecule has 0 unspecified atom stereocenters. The second kappa shape index (κ2) is 7.75. The van der Waals surface area contributed by atoms with E-state index in [1.54, 1.807) is 24.3 Å². The number of carbonyl (C=O) groups is 2. The maximum Gasteiger partial charge on any atom is 0.408 e. The van der Waals surface area contributed by atoms with Gasteiger partial charge < -0.3 is 15.2 Å². The Labute approximate surface area is 122 Å². The summed E-state index contributed by atoms with van der Waals surface area (Å²) < 4.78 is 4.97. The third-order valence-corrected chi connectivity index (χ3v) is 2.98. The van der Waals surface area contributed by atoms with Crippen molar-refractivity contribution < 1.29 is 19.4 Å². The summed E-state index contributed by atoms with van der Waals surface area (Å²) in [5.74, 6) is -0.923. The maximum atomic E-state index is 11.6. The molecular formula is C14H18ClNO4. The van der Waals surface area contributed by atoms with Gasteiger partial charge in [0.25, 0.3) is 0 Å². The van der Waals surface area contributed by atoms with Crippen molar-refractivity contribution in [3.05, 3.63) is 34.9 Å². The Bertz CT molecular complexity index is 476. The lowest BCUT2D eigenvalue weighted by Gasteiger charge is -2.16. The van der Waals surface area contributed by atoms with E-state index in [0.717, 1.165) is 0 Å². The first-order chi connectivity index (χ1) is 9.40. The van der Waals surface area contributed by atoms with Gasteiger partial charge in [-0.2, -0.15) is 0 Å². The number of hydrogen-bond donors (Lipinski definition) is 2. The van der Waals surface area contributed by atoms with Crippen LogP contribution in [0.4, 0.5) is 4.79 Å². The number of amides is 1. The molecule has 110 valence electrons. The molecule has 0 fully saturated rings. The van der Waals surface area contributed by atoms with Gasteiger partial charge in [-0.05, 0) is 18.4 Å². The predicted molar refractivity (Wildman–Crippen MR) is 75.7 cm³/mol. The molecule has 0 aliphatic carbocycles. The average Bonchev–Trinajstić information content (AvgIpc) is 2.36. The molecule has 1 amide bonds. The lowest BCUT2D eigenvalue weighted by atomic mass is 10.0. The second-order valence-electron chi connectivity index (χ2n) is 4.83. The Morgan fingerprint density at radius 3 is 2.55 bits per heavy atom. The fraction of sp³-hybridized carbons (Fsp3) is 0.429. The quantitative estimate of drug-likeness (QED) is 0.846. The summed E-state index contributed by atoms with van der Waals surface area (Å²) >= 11 is 5.93. The van der Waals surface area contributed by atoms with Crippen LogP contribution in [0.3, 0.4) is 0 Å². The fourth-order valence-electron chi connectivity index (χ4n) is 1.64. The largest absolute Gasteiger partial charge is 0.480 e. The van der Waals surface area contributed by atoms with Crippen molar-refractivity contribution in [2.45, 2.75) is 32.9 Å². The van der Waals surface area contributed by atoms with Crippen LogP contribution in [-0.2, 0) is 16.1 Å². The molecule has 0 radical (unpaired) electrons. The molecule has 0 aromatic heterocycles. The maximum absolute atomic E-state index is 11.6. The molecule has 1 atom stereocenters.